The summed E-state index contributed by atoms with van der Waals surface area (Å²) in [6.07, 6.45) is 0. The molecule has 23 heavy (non-hydrogen) atoms. The monoisotopic (exact) mass is 352 g/mol. The van der Waals surface area contributed by atoms with Gasteiger partial charge < -0.3 is 0 Å². The van der Waals surface area contributed by atoms with Crippen LogP contribution in [0.4, 0.5) is 0 Å². The molecule has 0 fully saturated rings. The van der Waals surface area contributed by atoms with Crippen LogP contribution in [0.5, 0.6) is 0 Å². The summed E-state index contributed by atoms with van der Waals surface area (Å²) in [4.78, 5) is 12.0. The lowest BCUT2D eigenvalue weighted by Gasteiger charge is -2.07. The smallest absolute Gasteiger partial charge is 0.108 e. The first-order valence-electron chi connectivity index (χ1n) is 6.90. The number of benzene rings is 1. The van der Waals surface area contributed by atoms with Crippen molar-refractivity contribution >= 4 is 56.5 Å². The second-order valence-corrected chi connectivity index (χ2v) is 7.39. The lowest BCUT2D eigenvalue weighted by molar-refractivity contribution is 1.32. The van der Waals surface area contributed by atoms with E-state index in [2.05, 4.69) is 31.6 Å². The Morgan fingerprint density at radius 1 is 0.652 bits per heavy atom. The van der Waals surface area contributed by atoms with E-state index in [1.807, 2.05) is 24.3 Å². The lowest BCUT2D eigenvalue weighted by atomic mass is 10.2. The number of hydrogen-bond acceptors (Lipinski definition) is 7. The third-order valence-electron chi connectivity index (χ3n) is 3.55. The fourth-order valence-electron chi connectivity index (χ4n) is 2.51. The van der Waals surface area contributed by atoms with Crippen molar-refractivity contribution in [3.8, 4) is 21.1 Å². The molecule has 0 aliphatic rings. The molecule has 110 valence electrons. The summed E-state index contributed by atoms with van der Waals surface area (Å²) in [5, 5.41) is 4.12. The summed E-state index contributed by atoms with van der Waals surface area (Å²) in [7, 11) is 0. The molecular weight excluding hydrogens is 344 g/mol. The van der Waals surface area contributed by atoms with E-state index in [1.54, 1.807) is 22.7 Å². The van der Waals surface area contributed by atoms with Crippen molar-refractivity contribution < 1.29 is 0 Å². The van der Waals surface area contributed by atoms with Gasteiger partial charge in [0.15, 0.2) is 0 Å². The van der Waals surface area contributed by atoms with E-state index in [0.717, 1.165) is 43.2 Å². The summed E-state index contributed by atoms with van der Waals surface area (Å²) >= 11 is 4.57. The summed E-state index contributed by atoms with van der Waals surface area (Å²) < 4.78 is 8.60. The molecule has 0 aliphatic heterocycles. The predicted octanol–water partition coefficient (Wildman–Crippen LogP) is 5.09. The maximum Gasteiger partial charge on any atom is 0.108 e. The van der Waals surface area contributed by atoms with Crippen molar-refractivity contribution in [1.82, 2.24) is 18.7 Å². The van der Waals surface area contributed by atoms with Crippen LogP contribution in [0.25, 0.3) is 43.2 Å². The molecule has 7 heteroatoms. The fraction of sp³-hybridized carbons (Fsp3) is 0. The Morgan fingerprint density at radius 3 is 1.61 bits per heavy atom. The van der Waals surface area contributed by atoms with Crippen LogP contribution in [-0.2, 0) is 0 Å². The zero-order chi connectivity index (χ0) is 15.2. The predicted molar refractivity (Wildman–Crippen MR) is 97.1 cm³/mol. The average molecular weight is 352 g/mol. The zero-order valence-electron chi connectivity index (χ0n) is 11.6. The minimum Gasteiger partial charge on any atom is -0.243 e. The maximum atomic E-state index is 4.89. The van der Waals surface area contributed by atoms with Gasteiger partial charge in [-0.15, -0.1) is 22.7 Å². The first-order valence-corrected chi connectivity index (χ1v) is 9.39. The van der Waals surface area contributed by atoms with Crippen LogP contribution in [0.15, 0.2) is 47.2 Å². The summed E-state index contributed by atoms with van der Waals surface area (Å²) in [5.74, 6) is 0. The Bertz CT molecular complexity index is 1020. The minimum absolute atomic E-state index is 0.855. The summed E-state index contributed by atoms with van der Waals surface area (Å²) in [6, 6.07) is 12.2. The number of fused-ring (bicyclic) bond motifs is 2. The van der Waals surface area contributed by atoms with Crippen molar-refractivity contribution in [1.29, 1.82) is 0 Å². The molecule has 0 spiro atoms. The Morgan fingerprint density at radius 2 is 1.17 bits per heavy atom. The largest absolute Gasteiger partial charge is 0.243 e. The third kappa shape index (κ3) is 2.16. The van der Waals surface area contributed by atoms with E-state index in [-0.39, 0.29) is 0 Å². The number of hydrogen-bond donors (Lipinski definition) is 0. The molecule has 4 aromatic heterocycles. The SMILES string of the molecule is c1csc(-c2nc3cc4nsnc4cc3nc2-c2cccs2)c1. The minimum atomic E-state index is 0.855. The van der Waals surface area contributed by atoms with E-state index >= 15 is 0 Å². The summed E-state index contributed by atoms with van der Waals surface area (Å²) in [6.45, 7) is 0. The molecule has 0 bridgehead atoms. The molecule has 5 aromatic rings. The van der Waals surface area contributed by atoms with Gasteiger partial charge in [0.05, 0.1) is 32.5 Å². The maximum absolute atomic E-state index is 4.89. The van der Waals surface area contributed by atoms with Gasteiger partial charge in [0.25, 0.3) is 0 Å². The third-order valence-corrected chi connectivity index (χ3v) is 5.86. The second-order valence-electron chi connectivity index (χ2n) is 4.97. The molecule has 0 atom stereocenters. The van der Waals surface area contributed by atoms with Crippen LogP contribution in [-0.4, -0.2) is 18.7 Å². The van der Waals surface area contributed by atoms with E-state index in [4.69, 9.17) is 9.97 Å². The van der Waals surface area contributed by atoms with Crippen molar-refractivity contribution in [2.75, 3.05) is 0 Å². The molecule has 0 saturated heterocycles. The Labute approximate surface area is 143 Å². The number of rotatable bonds is 2. The highest BCUT2D eigenvalue weighted by molar-refractivity contribution is 7.14. The first kappa shape index (κ1) is 13.2. The van der Waals surface area contributed by atoms with E-state index in [0.29, 0.717) is 0 Å². The van der Waals surface area contributed by atoms with Crippen molar-refractivity contribution in [2.24, 2.45) is 0 Å². The molecule has 0 aliphatic carbocycles. The van der Waals surface area contributed by atoms with Crippen LogP contribution in [0.2, 0.25) is 0 Å². The van der Waals surface area contributed by atoms with Gasteiger partial charge in [0, 0.05) is 0 Å². The Hall–Kier alpha value is -2.22. The van der Waals surface area contributed by atoms with Gasteiger partial charge in [-0.05, 0) is 35.0 Å². The van der Waals surface area contributed by atoms with Crippen LogP contribution < -0.4 is 0 Å². The molecule has 4 heterocycles. The van der Waals surface area contributed by atoms with Crippen molar-refractivity contribution in [3.05, 3.63) is 47.2 Å². The molecule has 5 rings (SSSR count). The van der Waals surface area contributed by atoms with E-state index in [9.17, 15) is 0 Å². The van der Waals surface area contributed by atoms with E-state index in [1.165, 1.54) is 11.7 Å². The molecular formula is C16H8N4S3. The van der Waals surface area contributed by atoms with E-state index < -0.39 is 0 Å². The number of thiophene rings is 2. The standard InChI is InChI=1S/C16H8N4S3/c1-3-13(21-5-1)15-16(14-4-2-6-22-14)18-10-8-12-11(19-23-20-12)7-9(10)17-15/h1-8H. The molecule has 0 unspecified atom stereocenters. The Balaban J connectivity index is 1.88. The lowest BCUT2D eigenvalue weighted by Crippen LogP contribution is -1.93. The van der Waals surface area contributed by atoms with Gasteiger partial charge in [0.1, 0.15) is 22.4 Å². The van der Waals surface area contributed by atoms with Crippen LogP contribution in [0.3, 0.4) is 0 Å². The first-order chi connectivity index (χ1) is 11.4. The normalized spacial score (nSPS) is 11.5. The highest BCUT2D eigenvalue weighted by atomic mass is 32.1. The van der Waals surface area contributed by atoms with Crippen molar-refractivity contribution in [3.63, 3.8) is 0 Å². The van der Waals surface area contributed by atoms with Gasteiger partial charge in [0.2, 0.25) is 0 Å². The molecule has 0 saturated carbocycles. The van der Waals surface area contributed by atoms with Gasteiger partial charge in [-0.25, -0.2) is 9.97 Å². The fourth-order valence-corrected chi connectivity index (χ4v) is 4.44. The quantitative estimate of drug-likeness (QED) is 0.444. The van der Waals surface area contributed by atoms with Crippen LogP contribution >= 0.6 is 34.4 Å². The van der Waals surface area contributed by atoms with Gasteiger partial charge >= 0.3 is 0 Å². The molecule has 0 amide bonds. The summed E-state index contributed by atoms with van der Waals surface area (Å²) in [5.41, 5.74) is 5.31. The molecule has 0 radical (unpaired) electrons. The number of aromatic nitrogens is 4. The van der Waals surface area contributed by atoms with Gasteiger partial charge in [-0.1, -0.05) is 12.1 Å². The van der Waals surface area contributed by atoms with Crippen LogP contribution in [0.1, 0.15) is 0 Å². The second kappa shape index (κ2) is 5.16. The average Bonchev–Trinajstić information content (AvgIpc) is 3.33. The number of nitrogens with zero attached hydrogens (tertiary/aromatic N) is 4. The Kier molecular flexibility index (Phi) is 2.97. The molecule has 1 aromatic carbocycles. The van der Waals surface area contributed by atoms with Gasteiger partial charge in [-0.2, -0.15) is 8.75 Å². The van der Waals surface area contributed by atoms with Crippen molar-refractivity contribution in [2.45, 2.75) is 0 Å². The van der Waals surface area contributed by atoms with Crippen LogP contribution in [0, 0.1) is 0 Å². The zero-order valence-corrected chi connectivity index (χ0v) is 14.1. The topological polar surface area (TPSA) is 51.6 Å². The highest BCUT2D eigenvalue weighted by Crippen LogP contribution is 2.35. The molecule has 4 nitrogen and oxygen atoms in total. The molecule has 0 N–H and O–H groups in total. The van der Waals surface area contributed by atoms with Gasteiger partial charge in [-0.3, -0.25) is 0 Å². The highest BCUT2D eigenvalue weighted by Gasteiger charge is 2.15.